The van der Waals surface area contributed by atoms with E-state index >= 15 is 0 Å². The van der Waals surface area contributed by atoms with Crippen molar-refractivity contribution in [2.24, 2.45) is 0 Å². The largest absolute Gasteiger partial charge is 0.497 e. The van der Waals surface area contributed by atoms with Crippen LogP contribution in [0.4, 0.5) is 11.4 Å². The number of nitrogens with one attached hydrogen (secondary N) is 1. The van der Waals surface area contributed by atoms with E-state index in [-0.39, 0.29) is 10.6 Å². The number of para-hydroxylation sites is 3. The van der Waals surface area contributed by atoms with Crippen LogP contribution in [-0.4, -0.2) is 41.3 Å². The van der Waals surface area contributed by atoms with Gasteiger partial charge in [-0.1, -0.05) is 24.3 Å². The van der Waals surface area contributed by atoms with Crippen LogP contribution in [0.2, 0.25) is 0 Å². The Kier molecular flexibility index (Phi) is 7.66. The van der Waals surface area contributed by atoms with Gasteiger partial charge in [-0.2, -0.15) is 0 Å². The molecule has 0 fully saturated rings. The van der Waals surface area contributed by atoms with E-state index in [4.69, 9.17) is 9.47 Å². The van der Waals surface area contributed by atoms with Gasteiger partial charge in [0.15, 0.2) is 0 Å². The van der Waals surface area contributed by atoms with Crippen LogP contribution in [0.1, 0.15) is 0 Å². The molecular weight excluding hydrogens is 448 g/mol. The zero-order chi connectivity index (χ0) is 23.1. The lowest BCUT2D eigenvalue weighted by atomic mass is 10.3. The van der Waals surface area contributed by atoms with Gasteiger partial charge in [-0.05, 0) is 54.8 Å². The zero-order valence-electron chi connectivity index (χ0n) is 17.9. The Morgan fingerprint density at radius 3 is 2.25 bits per heavy atom. The summed E-state index contributed by atoms with van der Waals surface area (Å²) in [6, 6.07) is 20.0. The first kappa shape index (κ1) is 23.5. The molecule has 0 heterocycles. The Morgan fingerprint density at radius 1 is 0.938 bits per heavy atom. The van der Waals surface area contributed by atoms with Crippen LogP contribution >= 0.6 is 11.8 Å². The first-order valence-corrected chi connectivity index (χ1v) is 12.3. The molecule has 1 amide bonds. The maximum Gasteiger partial charge on any atom is 0.264 e. The van der Waals surface area contributed by atoms with Crippen LogP contribution in [0.25, 0.3) is 0 Å². The molecule has 0 aliphatic rings. The molecule has 0 aromatic heterocycles. The van der Waals surface area contributed by atoms with Crippen molar-refractivity contribution < 1.29 is 22.7 Å². The third-order valence-corrected chi connectivity index (χ3v) is 7.24. The van der Waals surface area contributed by atoms with Gasteiger partial charge in [-0.25, -0.2) is 8.42 Å². The van der Waals surface area contributed by atoms with E-state index in [0.717, 1.165) is 9.20 Å². The maximum atomic E-state index is 13.6. The summed E-state index contributed by atoms with van der Waals surface area (Å²) in [5, 5.41) is 2.81. The van der Waals surface area contributed by atoms with Gasteiger partial charge in [0, 0.05) is 4.90 Å². The molecule has 7 nitrogen and oxygen atoms in total. The fourth-order valence-electron chi connectivity index (χ4n) is 3.08. The van der Waals surface area contributed by atoms with Gasteiger partial charge in [-0.3, -0.25) is 9.10 Å². The van der Waals surface area contributed by atoms with Gasteiger partial charge >= 0.3 is 0 Å². The number of carbonyl (C=O) groups is 1. The Bertz CT molecular complexity index is 1180. The lowest BCUT2D eigenvalue weighted by molar-refractivity contribution is -0.114. The van der Waals surface area contributed by atoms with Crippen LogP contribution in [0.3, 0.4) is 0 Å². The molecule has 9 heteroatoms. The molecule has 0 saturated carbocycles. The number of hydrogen-bond donors (Lipinski definition) is 1. The second-order valence-corrected chi connectivity index (χ2v) is 9.32. The lowest BCUT2D eigenvalue weighted by Gasteiger charge is -2.25. The van der Waals surface area contributed by atoms with E-state index in [1.807, 2.05) is 18.4 Å². The van der Waals surface area contributed by atoms with Crippen molar-refractivity contribution in [3.63, 3.8) is 0 Å². The van der Waals surface area contributed by atoms with E-state index in [2.05, 4.69) is 5.32 Å². The quantitative estimate of drug-likeness (QED) is 0.469. The van der Waals surface area contributed by atoms with Crippen molar-refractivity contribution in [3.8, 4) is 11.5 Å². The highest BCUT2D eigenvalue weighted by Gasteiger charge is 2.29. The van der Waals surface area contributed by atoms with Gasteiger partial charge in [0.25, 0.3) is 10.0 Å². The number of sulfonamides is 1. The van der Waals surface area contributed by atoms with Gasteiger partial charge in [0.05, 0.1) is 30.5 Å². The molecule has 32 heavy (non-hydrogen) atoms. The predicted molar refractivity (Wildman–Crippen MR) is 127 cm³/mol. The van der Waals surface area contributed by atoms with Gasteiger partial charge in [-0.15, -0.1) is 11.8 Å². The fraction of sp³-hybridized carbons (Fsp3) is 0.174. The molecule has 3 aromatic rings. The summed E-state index contributed by atoms with van der Waals surface area (Å²) in [6.07, 6.45) is 1.90. The Morgan fingerprint density at radius 2 is 1.59 bits per heavy atom. The standard InChI is InChI=1S/C23H24N2O5S2/c1-29-17-12-14-18(15-13-17)32(27,28)25(20-9-5-6-10-21(20)30-2)16-23(26)24-19-8-4-7-11-22(19)31-3/h4-15H,16H2,1-3H3,(H,24,26). The molecule has 168 valence electrons. The third-order valence-electron chi connectivity index (χ3n) is 4.67. The molecule has 0 unspecified atom stereocenters. The highest BCUT2D eigenvalue weighted by Crippen LogP contribution is 2.33. The Balaban J connectivity index is 2.00. The molecule has 1 N–H and O–H groups in total. The number of anilines is 2. The van der Waals surface area contributed by atoms with Crippen LogP contribution in [0.5, 0.6) is 11.5 Å². The predicted octanol–water partition coefficient (Wildman–Crippen LogP) is 4.26. The minimum Gasteiger partial charge on any atom is -0.497 e. The summed E-state index contributed by atoms with van der Waals surface area (Å²) >= 11 is 1.49. The van der Waals surface area contributed by atoms with E-state index in [9.17, 15) is 13.2 Å². The summed E-state index contributed by atoms with van der Waals surface area (Å²) in [5.41, 5.74) is 0.881. The molecular formula is C23H24N2O5S2. The number of amides is 1. The normalized spacial score (nSPS) is 11.0. The second-order valence-electron chi connectivity index (χ2n) is 6.61. The van der Waals surface area contributed by atoms with Crippen molar-refractivity contribution >= 4 is 39.1 Å². The second kappa shape index (κ2) is 10.4. The summed E-state index contributed by atoms with van der Waals surface area (Å²) < 4.78 is 38.7. The van der Waals surface area contributed by atoms with Crippen molar-refractivity contribution in [3.05, 3.63) is 72.8 Å². The van der Waals surface area contributed by atoms with Crippen LogP contribution < -0.4 is 19.1 Å². The van der Waals surface area contributed by atoms with Crippen molar-refractivity contribution in [1.82, 2.24) is 0 Å². The summed E-state index contributed by atoms with van der Waals surface area (Å²) in [5.74, 6) is 0.385. The number of thioether (sulfide) groups is 1. The smallest absolute Gasteiger partial charge is 0.264 e. The van der Waals surface area contributed by atoms with Gasteiger partial charge in [0.2, 0.25) is 5.91 Å². The lowest BCUT2D eigenvalue weighted by Crippen LogP contribution is -2.38. The number of ether oxygens (including phenoxy) is 2. The average molecular weight is 473 g/mol. The monoisotopic (exact) mass is 472 g/mol. The van der Waals surface area contributed by atoms with E-state index in [1.54, 1.807) is 48.5 Å². The first-order valence-electron chi connectivity index (χ1n) is 9.63. The number of methoxy groups -OCH3 is 2. The fourth-order valence-corrected chi connectivity index (χ4v) is 5.06. The highest BCUT2D eigenvalue weighted by atomic mass is 32.2. The summed E-state index contributed by atoms with van der Waals surface area (Å²) in [4.78, 5) is 13.9. The summed E-state index contributed by atoms with van der Waals surface area (Å²) in [6.45, 7) is -0.433. The number of carbonyl (C=O) groups excluding carboxylic acids is 1. The molecule has 3 aromatic carbocycles. The van der Waals surface area contributed by atoms with Gasteiger partial charge in [0.1, 0.15) is 18.0 Å². The highest BCUT2D eigenvalue weighted by molar-refractivity contribution is 7.98. The van der Waals surface area contributed by atoms with Crippen LogP contribution in [-0.2, 0) is 14.8 Å². The maximum absolute atomic E-state index is 13.6. The molecule has 3 rings (SSSR count). The third kappa shape index (κ3) is 5.17. The average Bonchev–Trinajstić information content (AvgIpc) is 2.82. The van der Waals surface area contributed by atoms with Crippen molar-refractivity contribution in [1.29, 1.82) is 0 Å². The number of benzene rings is 3. The molecule has 0 saturated heterocycles. The zero-order valence-corrected chi connectivity index (χ0v) is 19.6. The SMILES string of the molecule is COc1ccc(S(=O)(=O)N(CC(=O)Nc2ccccc2SC)c2ccccc2OC)cc1. The van der Waals surface area contributed by atoms with E-state index in [1.165, 1.54) is 38.1 Å². The molecule has 0 atom stereocenters. The number of hydrogen-bond acceptors (Lipinski definition) is 6. The topological polar surface area (TPSA) is 84.9 Å². The minimum atomic E-state index is -4.08. The molecule has 0 spiro atoms. The molecule has 0 bridgehead atoms. The minimum absolute atomic E-state index is 0.0292. The van der Waals surface area contributed by atoms with Gasteiger partial charge < -0.3 is 14.8 Å². The molecule has 0 aliphatic heterocycles. The number of rotatable bonds is 9. The van der Waals surface area contributed by atoms with Crippen LogP contribution in [0.15, 0.2) is 82.6 Å². The molecule has 0 radical (unpaired) electrons. The van der Waals surface area contributed by atoms with Crippen LogP contribution in [0, 0.1) is 0 Å². The van der Waals surface area contributed by atoms with Crippen molar-refractivity contribution in [2.75, 3.05) is 36.6 Å². The molecule has 0 aliphatic carbocycles. The van der Waals surface area contributed by atoms with E-state index < -0.39 is 22.5 Å². The van der Waals surface area contributed by atoms with E-state index in [0.29, 0.717) is 17.2 Å². The first-order chi connectivity index (χ1) is 15.4. The van der Waals surface area contributed by atoms with Crippen molar-refractivity contribution in [2.45, 2.75) is 9.79 Å². The Hall–Kier alpha value is -3.17. The Labute approximate surface area is 192 Å². The summed E-state index contributed by atoms with van der Waals surface area (Å²) in [7, 11) is -1.13. The number of nitrogens with zero attached hydrogens (tertiary/aromatic N) is 1.